The predicted octanol–water partition coefficient (Wildman–Crippen LogP) is 5.48. The molecule has 0 atom stereocenters. The topological polar surface area (TPSA) is 29.1 Å². The Morgan fingerprint density at radius 2 is 1.62 bits per heavy atom. The minimum Gasteiger partial charge on any atom is -0.321 e. The number of carbonyl (C=O) groups excluding carboxylic acids is 1. The zero-order valence-corrected chi connectivity index (χ0v) is 14.4. The fourth-order valence-corrected chi connectivity index (χ4v) is 2.91. The fraction of sp³-hybridized carbons (Fsp3) is 0.235. The van der Waals surface area contributed by atoms with E-state index in [2.05, 4.69) is 47.2 Å². The molecule has 2 aromatic rings. The molecular formula is C17H17BrClNO. The highest BCUT2D eigenvalue weighted by Gasteiger charge is 2.13. The summed E-state index contributed by atoms with van der Waals surface area (Å²) in [7, 11) is 0. The molecule has 2 aromatic carbocycles. The quantitative estimate of drug-likeness (QED) is 0.762. The number of hydrogen-bond donors (Lipinski definition) is 1. The maximum Gasteiger partial charge on any atom is 0.255 e. The van der Waals surface area contributed by atoms with E-state index < -0.39 is 0 Å². The smallest absolute Gasteiger partial charge is 0.255 e. The SMILES string of the molecule is CCc1cc(Br)cc(CC)c1NC(=O)c1ccc(Cl)cc1. The number of benzene rings is 2. The molecule has 0 heterocycles. The zero-order chi connectivity index (χ0) is 15.4. The summed E-state index contributed by atoms with van der Waals surface area (Å²) in [6.07, 6.45) is 1.73. The highest BCUT2D eigenvalue weighted by molar-refractivity contribution is 9.10. The van der Waals surface area contributed by atoms with Crippen molar-refractivity contribution in [3.8, 4) is 0 Å². The van der Waals surface area contributed by atoms with Gasteiger partial charge in [-0.3, -0.25) is 4.79 Å². The third-order valence-corrected chi connectivity index (χ3v) is 4.08. The fourth-order valence-electron chi connectivity index (χ4n) is 2.23. The Morgan fingerprint density at radius 3 is 2.10 bits per heavy atom. The summed E-state index contributed by atoms with van der Waals surface area (Å²) < 4.78 is 1.04. The van der Waals surface area contributed by atoms with Gasteiger partial charge in [0.15, 0.2) is 0 Å². The molecule has 0 bridgehead atoms. The summed E-state index contributed by atoms with van der Waals surface area (Å²) in [6, 6.07) is 11.0. The summed E-state index contributed by atoms with van der Waals surface area (Å²) in [5.74, 6) is -0.113. The molecule has 2 nitrogen and oxygen atoms in total. The summed E-state index contributed by atoms with van der Waals surface area (Å²) >= 11 is 9.37. The van der Waals surface area contributed by atoms with Crippen LogP contribution in [-0.4, -0.2) is 5.91 Å². The lowest BCUT2D eigenvalue weighted by Gasteiger charge is -2.15. The molecule has 0 aliphatic heterocycles. The average Bonchev–Trinajstić information content (AvgIpc) is 2.48. The number of nitrogens with one attached hydrogen (secondary N) is 1. The molecule has 2 rings (SSSR count). The van der Waals surface area contributed by atoms with Crippen molar-refractivity contribution >= 4 is 39.1 Å². The van der Waals surface area contributed by atoms with Crippen molar-refractivity contribution in [2.75, 3.05) is 5.32 Å². The van der Waals surface area contributed by atoms with Crippen LogP contribution in [0.1, 0.15) is 35.3 Å². The third kappa shape index (κ3) is 3.86. The maximum atomic E-state index is 12.4. The van der Waals surface area contributed by atoms with E-state index in [1.165, 1.54) is 0 Å². The Labute approximate surface area is 138 Å². The molecule has 21 heavy (non-hydrogen) atoms. The molecule has 0 saturated carbocycles. The van der Waals surface area contributed by atoms with Crippen LogP contribution in [0.3, 0.4) is 0 Å². The molecule has 0 spiro atoms. The second-order valence-corrected chi connectivity index (χ2v) is 6.12. The average molecular weight is 367 g/mol. The number of anilines is 1. The van der Waals surface area contributed by atoms with Crippen molar-refractivity contribution in [3.63, 3.8) is 0 Å². The molecule has 0 aliphatic rings. The van der Waals surface area contributed by atoms with Crippen LogP contribution >= 0.6 is 27.5 Å². The van der Waals surface area contributed by atoms with Crippen LogP contribution in [-0.2, 0) is 12.8 Å². The number of hydrogen-bond acceptors (Lipinski definition) is 1. The Morgan fingerprint density at radius 1 is 1.10 bits per heavy atom. The monoisotopic (exact) mass is 365 g/mol. The molecule has 110 valence electrons. The van der Waals surface area contributed by atoms with E-state index in [1.54, 1.807) is 24.3 Å². The number of amides is 1. The second kappa shape index (κ2) is 7.10. The van der Waals surface area contributed by atoms with Crippen molar-refractivity contribution < 1.29 is 4.79 Å². The standard InChI is InChI=1S/C17H17BrClNO/c1-3-11-9-14(18)10-12(4-2)16(11)20-17(21)13-5-7-15(19)8-6-13/h5-10H,3-4H2,1-2H3,(H,20,21). The maximum absolute atomic E-state index is 12.4. The summed E-state index contributed by atoms with van der Waals surface area (Å²) in [6.45, 7) is 4.16. The first-order chi connectivity index (χ1) is 10.0. The minimum atomic E-state index is -0.113. The highest BCUT2D eigenvalue weighted by atomic mass is 79.9. The summed E-state index contributed by atoms with van der Waals surface area (Å²) in [5.41, 5.74) is 3.78. The lowest BCUT2D eigenvalue weighted by molar-refractivity contribution is 0.102. The number of halogens is 2. The predicted molar refractivity (Wildman–Crippen MR) is 92.3 cm³/mol. The molecule has 0 aromatic heterocycles. The van der Waals surface area contributed by atoms with Crippen LogP contribution in [0.2, 0.25) is 5.02 Å². The molecule has 0 aliphatic carbocycles. The molecule has 0 unspecified atom stereocenters. The lowest BCUT2D eigenvalue weighted by Crippen LogP contribution is -2.14. The van der Waals surface area contributed by atoms with Crippen molar-refractivity contribution in [3.05, 3.63) is 62.6 Å². The van der Waals surface area contributed by atoms with Gasteiger partial charge in [-0.15, -0.1) is 0 Å². The van der Waals surface area contributed by atoms with Crippen molar-refractivity contribution in [1.82, 2.24) is 0 Å². The van der Waals surface area contributed by atoms with E-state index >= 15 is 0 Å². The van der Waals surface area contributed by atoms with Gasteiger partial charge in [0.2, 0.25) is 0 Å². The van der Waals surface area contributed by atoms with E-state index in [-0.39, 0.29) is 5.91 Å². The first-order valence-corrected chi connectivity index (χ1v) is 8.10. The van der Waals surface area contributed by atoms with E-state index in [9.17, 15) is 4.79 Å². The Bertz CT molecular complexity index is 627. The van der Waals surface area contributed by atoms with Crippen LogP contribution in [0.4, 0.5) is 5.69 Å². The van der Waals surface area contributed by atoms with Gasteiger partial charge in [-0.05, 0) is 60.4 Å². The van der Waals surface area contributed by atoms with E-state index in [0.29, 0.717) is 10.6 Å². The minimum absolute atomic E-state index is 0.113. The molecule has 4 heteroatoms. The molecule has 0 saturated heterocycles. The van der Waals surface area contributed by atoms with Gasteiger partial charge in [-0.2, -0.15) is 0 Å². The first-order valence-electron chi connectivity index (χ1n) is 6.93. The van der Waals surface area contributed by atoms with Gasteiger partial charge < -0.3 is 5.32 Å². The molecular weight excluding hydrogens is 350 g/mol. The summed E-state index contributed by atoms with van der Waals surface area (Å²) in [5, 5.41) is 3.66. The Hall–Kier alpha value is -1.32. The third-order valence-electron chi connectivity index (χ3n) is 3.37. The van der Waals surface area contributed by atoms with Crippen molar-refractivity contribution in [2.24, 2.45) is 0 Å². The highest BCUT2D eigenvalue weighted by Crippen LogP contribution is 2.28. The van der Waals surface area contributed by atoms with Crippen LogP contribution in [0.5, 0.6) is 0 Å². The number of aryl methyl sites for hydroxylation is 2. The largest absolute Gasteiger partial charge is 0.321 e. The molecule has 1 N–H and O–H groups in total. The van der Waals surface area contributed by atoms with Gasteiger partial charge in [0.25, 0.3) is 5.91 Å². The van der Waals surface area contributed by atoms with Gasteiger partial charge in [-0.1, -0.05) is 41.4 Å². The van der Waals surface area contributed by atoms with E-state index in [4.69, 9.17) is 11.6 Å². The van der Waals surface area contributed by atoms with Crippen LogP contribution < -0.4 is 5.32 Å². The molecule has 0 radical (unpaired) electrons. The lowest BCUT2D eigenvalue weighted by atomic mass is 10.0. The summed E-state index contributed by atoms with van der Waals surface area (Å²) in [4.78, 5) is 12.4. The van der Waals surface area contributed by atoms with Gasteiger partial charge in [0.05, 0.1) is 0 Å². The van der Waals surface area contributed by atoms with Crippen LogP contribution in [0.25, 0.3) is 0 Å². The van der Waals surface area contributed by atoms with E-state index in [1.807, 2.05) is 0 Å². The van der Waals surface area contributed by atoms with Gasteiger partial charge >= 0.3 is 0 Å². The number of carbonyl (C=O) groups is 1. The normalized spacial score (nSPS) is 10.5. The van der Waals surface area contributed by atoms with E-state index in [0.717, 1.165) is 34.1 Å². The Kier molecular flexibility index (Phi) is 5.43. The molecule has 1 amide bonds. The van der Waals surface area contributed by atoms with Gasteiger partial charge in [0, 0.05) is 20.7 Å². The number of rotatable bonds is 4. The van der Waals surface area contributed by atoms with Gasteiger partial charge in [-0.25, -0.2) is 0 Å². The van der Waals surface area contributed by atoms with Crippen molar-refractivity contribution in [1.29, 1.82) is 0 Å². The Balaban J connectivity index is 2.34. The second-order valence-electron chi connectivity index (χ2n) is 4.77. The first kappa shape index (κ1) is 16.1. The zero-order valence-electron chi connectivity index (χ0n) is 12.0. The van der Waals surface area contributed by atoms with Crippen LogP contribution in [0.15, 0.2) is 40.9 Å². The van der Waals surface area contributed by atoms with Gasteiger partial charge in [0.1, 0.15) is 0 Å². The van der Waals surface area contributed by atoms with Crippen molar-refractivity contribution in [2.45, 2.75) is 26.7 Å². The molecule has 0 fully saturated rings. The van der Waals surface area contributed by atoms with Crippen LogP contribution in [0, 0.1) is 0 Å².